The Bertz CT molecular complexity index is 676. The van der Waals surface area contributed by atoms with Crippen LogP contribution in [-0.2, 0) is 19.1 Å². The lowest BCUT2D eigenvalue weighted by atomic mass is 9.72. The Labute approximate surface area is 139 Å². The van der Waals surface area contributed by atoms with E-state index in [1.54, 1.807) is 0 Å². The zero-order chi connectivity index (χ0) is 17.5. The first kappa shape index (κ1) is 16.5. The summed E-state index contributed by atoms with van der Waals surface area (Å²) >= 11 is 0. The Morgan fingerprint density at radius 3 is 2.29 bits per heavy atom. The van der Waals surface area contributed by atoms with Crippen LogP contribution in [0.5, 0.6) is 0 Å². The number of halogens is 1. The molecule has 1 aliphatic carbocycles. The summed E-state index contributed by atoms with van der Waals surface area (Å²) in [6, 6.07) is 2.14. The van der Waals surface area contributed by atoms with Crippen molar-refractivity contribution in [1.82, 2.24) is 4.90 Å². The molecule has 0 radical (unpaired) electrons. The van der Waals surface area contributed by atoms with Gasteiger partial charge >= 0.3 is 18.5 Å². The van der Waals surface area contributed by atoms with E-state index in [4.69, 9.17) is 0 Å². The van der Waals surface area contributed by atoms with Gasteiger partial charge in [0.2, 0.25) is 0 Å². The number of allylic oxidation sites excluding steroid dienone is 3. The molecular weight excluding hydrogens is 315 g/mol. The van der Waals surface area contributed by atoms with Crippen molar-refractivity contribution in [3.05, 3.63) is 22.4 Å². The molecule has 2 fully saturated rings. The number of rotatable bonds is 1. The van der Waals surface area contributed by atoms with Crippen molar-refractivity contribution in [3.63, 3.8) is 0 Å². The molecule has 24 heavy (non-hydrogen) atoms. The van der Waals surface area contributed by atoms with Crippen LogP contribution in [0.3, 0.4) is 0 Å². The Hall–Kier alpha value is -2.36. The summed E-state index contributed by atoms with van der Waals surface area (Å²) < 4.78 is 21.9. The minimum atomic E-state index is -2.39. The van der Waals surface area contributed by atoms with Crippen LogP contribution in [0, 0.1) is 16.7 Å². The lowest BCUT2D eigenvalue weighted by Gasteiger charge is -2.37. The molecule has 3 rings (SSSR count). The van der Waals surface area contributed by atoms with E-state index in [9.17, 15) is 19.2 Å². The van der Waals surface area contributed by atoms with Gasteiger partial charge in [-0.05, 0) is 36.7 Å². The van der Waals surface area contributed by atoms with Crippen LogP contribution in [-0.4, -0.2) is 36.5 Å². The third kappa shape index (κ3) is 2.88. The van der Waals surface area contributed by atoms with Gasteiger partial charge in [0.25, 0.3) is 0 Å². The topological polar surface area (TPSA) is 79.6 Å². The van der Waals surface area contributed by atoms with Crippen LogP contribution in [0.15, 0.2) is 22.4 Å². The lowest BCUT2D eigenvalue weighted by Crippen LogP contribution is -2.36. The second kappa shape index (κ2) is 5.93. The molecule has 7 heteroatoms. The minimum Gasteiger partial charge on any atom is -0.393 e. The third-order valence-corrected chi connectivity index (χ3v) is 4.60. The fraction of sp³-hybridized carbons (Fsp3) is 0.588. The molecule has 0 aromatic rings. The van der Waals surface area contributed by atoms with Crippen LogP contribution >= 0.6 is 0 Å². The molecule has 0 spiro atoms. The van der Waals surface area contributed by atoms with Gasteiger partial charge in [-0.2, -0.15) is 9.65 Å². The largest absolute Gasteiger partial charge is 0.401 e. The van der Waals surface area contributed by atoms with E-state index < -0.39 is 18.5 Å². The third-order valence-electron chi connectivity index (χ3n) is 4.60. The van der Waals surface area contributed by atoms with Crippen molar-refractivity contribution in [2.75, 3.05) is 13.1 Å². The Morgan fingerprint density at radius 1 is 1.17 bits per heavy atom. The van der Waals surface area contributed by atoms with Gasteiger partial charge in [0.1, 0.15) is 11.6 Å². The van der Waals surface area contributed by atoms with Crippen molar-refractivity contribution < 1.29 is 23.5 Å². The molecule has 2 saturated heterocycles. The maximum absolute atomic E-state index is 13.1. The predicted molar refractivity (Wildman–Crippen MR) is 80.6 cm³/mol. The zero-order valence-corrected chi connectivity index (χ0v) is 13.7. The number of alkyl halides is 1. The summed E-state index contributed by atoms with van der Waals surface area (Å²) in [5.74, 6) is -2.14. The first-order valence-corrected chi connectivity index (χ1v) is 8.00. The summed E-state index contributed by atoms with van der Waals surface area (Å²) in [7, 11) is 0. The van der Waals surface area contributed by atoms with Crippen molar-refractivity contribution in [3.8, 4) is 6.07 Å². The number of esters is 2. The molecule has 0 unspecified atom stereocenters. The van der Waals surface area contributed by atoms with E-state index in [1.807, 2.05) is 13.8 Å². The molecular formula is C17H19FN2O4. The predicted octanol–water partition coefficient (Wildman–Crippen LogP) is 2.33. The number of likely N-dealkylation sites (tertiary alicyclic amines) is 1. The fourth-order valence-corrected chi connectivity index (χ4v) is 3.59. The van der Waals surface area contributed by atoms with Crippen LogP contribution in [0.4, 0.5) is 4.39 Å². The summed E-state index contributed by atoms with van der Waals surface area (Å²) in [6.07, 6.45) is 3.12. The van der Waals surface area contributed by atoms with E-state index in [-0.39, 0.29) is 11.0 Å². The van der Waals surface area contributed by atoms with E-state index in [0.717, 1.165) is 31.6 Å². The van der Waals surface area contributed by atoms with Gasteiger partial charge in [0.15, 0.2) is 0 Å². The molecule has 2 heterocycles. The molecule has 2 aliphatic heterocycles. The molecule has 0 amide bonds. The number of hydrogen-bond acceptors (Lipinski definition) is 6. The lowest BCUT2D eigenvalue weighted by molar-refractivity contribution is -0.224. The molecule has 3 aliphatic rings. The van der Waals surface area contributed by atoms with Gasteiger partial charge in [0, 0.05) is 18.8 Å². The molecule has 0 atom stereocenters. The van der Waals surface area contributed by atoms with Crippen molar-refractivity contribution in [2.45, 2.75) is 46.1 Å². The highest BCUT2D eigenvalue weighted by Crippen LogP contribution is 2.45. The Morgan fingerprint density at radius 2 is 1.75 bits per heavy atom. The van der Waals surface area contributed by atoms with Gasteiger partial charge in [-0.1, -0.05) is 13.8 Å². The first-order valence-electron chi connectivity index (χ1n) is 8.00. The maximum atomic E-state index is 13.1. The average molecular weight is 334 g/mol. The number of cyclic esters (lactones) is 2. The number of carbonyl (C=O) groups is 2. The van der Waals surface area contributed by atoms with Crippen LogP contribution in [0.25, 0.3) is 0 Å². The SMILES string of the molecule is CC1(C)CC(=C2C(=O)OC(F)OC2=O)C(C#N)=C(N2CCCC2)C1. The second-order valence-electron chi connectivity index (χ2n) is 7.08. The molecule has 0 saturated carbocycles. The number of nitrogens with zero attached hydrogens (tertiary/aromatic N) is 2. The van der Waals surface area contributed by atoms with Crippen molar-refractivity contribution in [1.29, 1.82) is 5.26 Å². The van der Waals surface area contributed by atoms with Crippen LogP contribution in [0.1, 0.15) is 39.5 Å². The monoisotopic (exact) mass is 334 g/mol. The number of hydrogen-bond donors (Lipinski definition) is 0. The van der Waals surface area contributed by atoms with E-state index >= 15 is 0 Å². The maximum Gasteiger partial charge on any atom is 0.401 e. The fourth-order valence-electron chi connectivity index (χ4n) is 3.59. The molecule has 6 nitrogen and oxygen atoms in total. The average Bonchev–Trinajstić information content (AvgIpc) is 2.98. The van der Waals surface area contributed by atoms with Crippen LogP contribution in [0.2, 0.25) is 0 Å². The zero-order valence-electron chi connectivity index (χ0n) is 13.7. The smallest absolute Gasteiger partial charge is 0.393 e. The van der Waals surface area contributed by atoms with Gasteiger partial charge in [0.05, 0.1) is 5.57 Å². The second-order valence-corrected chi connectivity index (χ2v) is 7.08. The molecule has 0 aromatic carbocycles. The standard InChI is InChI=1S/C17H19FN2O4/c1-17(2)7-10(13-14(21)23-16(18)24-15(13)22)11(9-19)12(8-17)20-5-3-4-6-20/h16H,3-8H2,1-2H3. The van der Waals surface area contributed by atoms with E-state index in [0.29, 0.717) is 24.0 Å². The van der Waals surface area contributed by atoms with Gasteiger partial charge in [-0.25, -0.2) is 9.59 Å². The molecule has 0 N–H and O–H groups in total. The van der Waals surface area contributed by atoms with E-state index in [2.05, 4.69) is 20.4 Å². The van der Waals surface area contributed by atoms with Crippen molar-refractivity contribution >= 4 is 11.9 Å². The Kier molecular flexibility index (Phi) is 4.08. The minimum absolute atomic E-state index is 0.242. The van der Waals surface area contributed by atoms with Gasteiger partial charge < -0.3 is 14.4 Å². The highest BCUT2D eigenvalue weighted by molar-refractivity contribution is 6.16. The van der Waals surface area contributed by atoms with E-state index in [1.165, 1.54) is 0 Å². The molecule has 128 valence electrons. The first-order chi connectivity index (χ1) is 11.3. The molecule has 0 aromatic heterocycles. The summed E-state index contributed by atoms with van der Waals surface area (Å²) in [6.45, 7) is 3.32. The summed E-state index contributed by atoms with van der Waals surface area (Å²) in [4.78, 5) is 26.2. The normalized spacial score (nSPS) is 27.1. The summed E-state index contributed by atoms with van der Waals surface area (Å²) in [5.41, 5.74) is 0.866. The summed E-state index contributed by atoms with van der Waals surface area (Å²) in [5, 5.41) is 9.67. The van der Waals surface area contributed by atoms with Crippen molar-refractivity contribution in [2.24, 2.45) is 5.41 Å². The number of carbonyl (C=O) groups excluding carboxylic acids is 2. The highest BCUT2D eigenvalue weighted by atomic mass is 19.2. The Balaban J connectivity index is 2.15. The highest BCUT2D eigenvalue weighted by Gasteiger charge is 2.42. The number of ether oxygens (including phenoxy) is 2. The quantitative estimate of drug-likeness (QED) is 0.416. The van der Waals surface area contributed by atoms with Gasteiger partial charge in [-0.3, -0.25) is 0 Å². The van der Waals surface area contributed by atoms with Gasteiger partial charge in [-0.15, -0.1) is 0 Å². The van der Waals surface area contributed by atoms with Crippen LogP contribution < -0.4 is 0 Å². The number of nitriles is 1. The molecule has 0 bridgehead atoms.